The van der Waals surface area contributed by atoms with Crippen molar-refractivity contribution in [2.75, 3.05) is 6.61 Å². The van der Waals surface area contributed by atoms with Gasteiger partial charge in [-0.2, -0.15) is 4.31 Å². The second-order valence-corrected chi connectivity index (χ2v) is 6.36. The van der Waals surface area contributed by atoms with Crippen LogP contribution in [-0.4, -0.2) is 21.3 Å². The summed E-state index contributed by atoms with van der Waals surface area (Å²) in [6.07, 6.45) is 6.45. The summed E-state index contributed by atoms with van der Waals surface area (Å²) in [6.45, 7) is -0.326. The van der Waals surface area contributed by atoms with Gasteiger partial charge < -0.3 is 14.7 Å². The monoisotopic (exact) mass is 320 g/mol. The first-order chi connectivity index (χ1) is 9.29. The molecular formula is C11H14O7P2. The predicted molar refractivity (Wildman–Crippen MR) is 73.5 cm³/mol. The molecule has 0 aliphatic carbocycles. The van der Waals surface area contributed by atoms with Crippen LogP contribution < -0.4 is 0 Å². The molecule has 0 aromatic heterocycles. The molecule has 0 radical (unpaired) electrons. The Morgan fingerprint density at radius 1 is 1.05 bits per heavy atom. The first kappa shape index (κ1) is 17.0. The summed E-state index contributed by atoms with van der Waals surface area (Å²) in [5, 5.41) is 0. The van der Waals surface area contributed by atoms with Crippen molar-refractivity contribution in [1.82, 2.24) is 0 Å². The van der Waals surface area contributed by atoms with Gasteiger partial charge in [-0.05, 0) is 5.56 Å². The largest absolute Gasteiger partial charge is 0.481 e. The minimum absolute atomic E-state index is 0.326. The molecule has 0 bridgehead atoms. The average molecular weight is 320 g/mol. The highest BCUT2D eigenvalue weighted by atomic mass is 31.3. The Labute approximate surface area is 116 Å². The molecule has 0 saturated carbocycles. The van der Waals surface area contributed by atoms with Crippen molar-refractivity contribution < 1.29 is 32.6 Å². The van der Waals surface area contributed by atoms with Crippen LogP contribution in [0.15, 0.2) is 48.6 Å². The van der Waals surface area contributed by atoms with Crippen molar-refractivity contribution in [3.8, 4) is 0 Å². The zero-order valence-corrected chi connectivity index (χ0v) is 12.1. The lowest BCUT2D eigenvalue weighted by atomic mass is 10.2. The van der Waals surface area contributed by atoms with Gasteiger partial charge in [-0.15, -0.1) is 0 Å². The third kappa shape index (κ3) is 8.19. The lowest BCUT2D eigenvalue weighted by Gasteiger charge is -2.10. The third-order valence-corrected chi connectivity index (χ3v) is 4.03. The molecule has 0 saturated heterocycles. The number of benzene rings is 1. The van der Waals surface area contributed by atoms with Gasteiger partial charge in [-0.25, -0.2) is 9.13 Å². The topological polar surface area (TPSA) is 113 Å². The van der Waals surface area contributed by atoms with Gasteiger partial charge in [-0.1, -0.05) is 54.6 Å². The van der Waals surface area contributed by atoms with E-state index in [0.717, 1.165) is 5.56 Å². The number of rotatable bonds is 7. The van der Waals surface area contributed by atoms with Crippen LogP contribution in [0, 0.1) is 0 Å². The Kier molecular flexibility index (Phi) is 6.52. The Balaban J connectivity index is 2.37. The van der Waals surface area contributed by atoms with Crippen LogP contribution in [0.25, 0.3) is 6.08 Å². The van der Waals surface area contributed by atoms with E-state index in [2.05, 4.69) is 8.83 Å². The summed E-state index contributed by atoms with van der Waals surface area (Å²) in [7, 11) is -9.82. The summed E-state index contributed by atoms with van der Waals surface area (Å²) in [5.41, 5.74) is 0.982. The molecule has 0 spiro atoms. The number of phosphoric acid groups is 2. The molecule has 1 rings (SSSR count). The fraction of sp³-hybridized carbons (Fsp3) is 0.0909. The highest BCUT2D eigenvalue weighted by Crippen LogP contribution is 2.57. The molecule has 3 N–H and O–H groups in total. The zero-order chi connectivity index (χ0) is 15.1. The fourth-order valence-corrected chi connectivity index (χ4v) is 2.70. The molecule has 1 unspecified atom stereocenters. The van der Waals surface area contributed by atoms with Gasteiger partial charge in [0.25, 0.3) is 0 Å². The first-order valence-corrected chi connectivity index (χ1v) is 8.43. The van der Waals surface area contributed by atoms with Crippen LogP contribution in [0.1, 0.15) is 5.56 Å². The molecule has 7 nitrogen and oxygen atoms in total. The zero-order valence-electron chi connectivity index (χ0n) is 10.3. The number of hydrogen-bond donors (Lipinski definition) is 3. The van der Waals surface area contributed by atoms with Crippen molar-refractivity contribution in [2.45, 2.75) is 0 Å². The van der Waals surface area contributed by atoms with Crippen LogP contribution >= 0.6 is 15.6 Å². The number of phosphoric ester groups is 1. The first-order valence-electron chi connectivity index (χ1n) is 5.41. The maximum absolute atomic E-state index is 11.1. The Morgan fingerprint density at radius 3 is 2.30 bits per heavy atom. The Hall–Kier alpha value is -1.04. The van der Waals surface area contributed by atoms with E-state index in [1.165, 1.54) is 6.08 Å². The van der Waals surface area contributed by atoms with Crippen molar-refractivity contribution in [2.24, 2.45) is 0 Å². The summed E-state index contributed by atoms with van der Waals surface area (Å²) in [6, 6.07) is 9.45. The molecule has 0 fully saturated rings. The van der Waals surface area contributed by atoms with Gasteiger partial charge in [-0.3, -0.25) is 4.52 Å². The van der Waals surface area contributed by atoms with Crippen molar-refractivity contribution in [3.05, 3.63) is 54.1 Å². The van der Waals surface area contributed by atoms with Gasteiger partial charge in [0.1, 0.15) is 0 Å². The van der Waals surface area contributed by atoms with E-state index in [1.807, 2.05) is 30.3 Å². The molecule has 0 aliphatic heterocycles. The summed E-state index contributed by atoms with van der Waals surface area (Å²) in [5.74, 6) is 0. The van der Waals surface area contributed by atoms with Crippen molar-refractivity contribution in [3.63, 3.8) is 0 Å². The SMILES string of the molecule is O=P(O)(O)OP(=O)(O)OC/C=C/C=C/c1ccccc1. The van der Waals surface area contributed by atoms with E-state index in [1.54, 1.807) is 18.2 Å². The van der Waals surface area contributed by atoms with Gasteiger partial charge in [0, 0.05) is 0 Å². The number of allylic oxidation sites excluding steroid dienone is 2. The second kappa shape index (κ2) is 7.67. The van der Waals surface area contributed by atoms with Crippen LogP contribution in [0.4, 0.5) is 0 Å². The van der Waals surface area contributed by atoms with Gasteiger partial charge in [0.15, 0.2) is 0 Å². The second-order valence-electron chi connectivity index (χ2n) is 3.53. The van der Waals surface area contributed by atoms with Gasteiger partial charge in [0.2, 0.25) is 0 Å². The molecule has 9 heteroatoms. The molecule has 1 atom stereocenters. The molecule has 0 heterocycles. The summed E-state index contributed by atoms with van der Waals surface area (Å²) < 4.78 is 29.4. The highest BCUT2D eigenvalue weighted by molar-refractivity contribution is 7.60. The molecule has 1 aromatic carbocycles. The standard InChI is InChI=1S/C11H14O7P2/c12-19(13,14)18-20(15,16)17-10-6-2-5-9-11-7-3-1-4-8-11/h1-9H,10H2,(H,15,16)(H2,12,13,14)/b6-2+,9-5+. The van der Waals surface area contributed by atoms with E-state index in [4.69, 9.17) is 14.7 Å². The predicted octanol–water partition coefficient (Wildman–Crippen LogP) is 2.48. The lowest BCUT2D eigenvalue weighted by molar-refractivity contribution is 0.191. The average Bonchev–Trinajstić information content (AvgIpc) is 2.32. The molecule has 0 amide bonds. The van der Waals surface area contributed by atoms with Crippen molar-refractivity contribution >= 4 is 21.7 Å². The van der Waals surface area contributed by atoms with Gasteiger partial charge >= 0.3 is 15.6 Å². The Morgan fingerprint density at radius 2 is 1.70 bits per heavy atom. The maximum atomic E-state index is 11.1. The van der Waals surface area contributed by atoms with Crippen LogP contribution in [-0.2, 0) is 18.0 Å². The van der Waals surface area contributed by atoms with E-state index in [0.29, 0.717) is 0 Å². The molecular weight excluding hydrogens is 306 g/mol. The molecule has 0 aliphatic rings. The van der Waals surface area contributed by atoms with E-state index in [9.17, 15) is 9.13 Å². The minimum atomic E-state index is -5.06. The molecule has 1 aromatic rings. The smallest absolute Gasteiger partial charge is 0.302 e. The summed E-state index contributed by atoms with van der Waals surface area (Å²) in [4.78, 5) is 25.7. The minimum Gasteiger partial charge on any atom is -0.302 e. The number of hydrogen-bond acceptors (Lipinski definition) is 4. The summed E-state index contributed by atoms with van der Waals surface area (Å²) >= 11 is 0. The quantitative estimate of drug-likeness (QED) is 0.522. The molecule has 110 valence electrons. The third-order valence-electron chi connectivity index (χ3n) is 1.88. The van der Waals surface area contributed by atoms with Crippen molar-refractivity contribution in [1.29, 1.82) is 0 Å². The van der Waals surface area contributed by atoms with E-state index in [-0.39, 0.29) is 6.61 Å². The maximum Gasteiger partial charge on any atom is 0.481 e. The van der Waals surface area contributed by atoms with E-state index >= 15 is 0 Å². The van der Waals surface area contributed by atoms with Crippen LogP contribution in [0.2, 0.25) is 0 Å². The highest BCUT2D eigenvalue weighted by Gasteiger charge is 2.31. The van der Waals surface area contributed by atoms with Gasteiger partial charge in [0.05, 0.1) is 6.61 Å². The molecule has 20 heavy (non-hydrogen) atoms. The fourth-order valence-electron chi connectivity index (χ4n) is 1.16. The Bertz CT molecular complexity index is 561. The van der Waals surface area contributed by atoms with Crippen LogP contribution in [0.5, 0.6) is 0 Å². The van der Waals surface area contributed by atoms with E-state index < -0.39 is 15.6 Å². The van der Waals surface area contributed by atoms with Crippen LogP contribution in [0.3, 0.4) is 0 Å². The normalized spacial score (nSPS) is 15.8. The lowest BCUT2D eigenvalue weighted by Crippen LogP contribution is -1.93.